The standard InChI is InChI=1S/C11H19N3O/c1-12-7-10-11(14(2)8-13-10)9-3-5-15-6-4-9/h8-9,12H,3-7H2,1-2H3. The van der Waals surface area contributed by atoms with E-state index in [1.54, 1.807) is 0 Å². The van der Waals surface area contributed by atoms with Gasteiger partial charge >= 0.3 is 0 Å². The Morgan fingerprint density at radius 3 is 2.93 bits per heavy atom. The van der Waals surface area contributed by atoms with Gasteiger partial charge in [0.25, 0.3) is 0 Å². The summed E-state index contributed by atoms with van der Waals surface area (Å²) in [6.45, 7) is 2.62. The van der Waals surface area contributed by atoms with Gasteiger partial charge in [0.1, 0.15) is 0 Å². The van der Waals surface area contributed by atoms with Gasteiger partial charge in [0.2, 0.25) is 0 Å². The van der Waals surface area contributed by atoms with Crippen LogP contribution in [0.2, 0.25) is 0 Å². The van der Waals surface area contributed by atoms with E-state index < -0.39 is 0 Å². The Morgan fingerprint density at radius 2 is 2.27 bits per heavy atom. The molecule has 0 unspecified atom stereocenters. The lowest BCUT2D eigenvalue weighted by Crippen LogP contribution is -2.19. The Bertz CT molecular complexity index is 316. The lowest BCUT2D eigenvalue weighted by molar-refractivity contribution is 0.0837. The number of hydrogen-bond donors (Lipinski definition) is 1. The topological polar surface area (TPSA) is 39.1 Å². The minimum absolute atomic E-state index is 0.620. The first-order valence-electron chi connectivity index (χ1n) is 5.55. The molecule has 2 rings (SSSR count). The molecule has 2 heterocycles. The second-order valence-electron chi connectivity index (χ2n) is 4.10. The van der Waals surface area contributed by atoms with E-state index in [-0.39, 0.29) is 0 Å². The van der Waals surface area contributed by atoms with Gasteiger partial charge in [0.05, 0.1) is 12.0 Å². The van der Waals surface area contributed by atoms with E-state index in [9.17, 15) is 0 Å². The van der Waals surface area contributed by atoms with Crippen molar-refractivity contribution >= 4 is 0 Å². The molecule has 1 saturated heterocycles. The molecule has 4 nitrogen and oxygen atoms in total. The minimum Gasteiger partial charge on any atom is -0.381 e. The van der Waals surface area contributed by atoms with E-state index >= 15 is 0 Å². The highest BCUT2D eigenvalue weighted by atomic mass is 16.5. The Balaban J connectivity index is 2.19. The number of aromatic nitrogens is 2. The highest BCUT2D eigenvalue weighted by Crippen LogP contribution is 2.28. The van der Waals surface area contributed by atoms with Crippen molar-refractivity contribution < 1.29 is 4.74 Å². The summed E-state index contributed by atoms with van der Waals surface area (Å²) in [5, 5.41) is 3.17. The summed E-state index contributed by atoms with van der Waals surface area (Å²) in [5.41, 5.74) is 2.57. The van der Waals surface area contributed by atoms with Crippen LogP contribution in [0.25, 0.3) is 0 Å². The van der Waals surface area contributed by atoms with Gasteiger partial charge in [-0.15, -0.1) is 0 Å². The normalized spacial score (nSPS) is 18.3. The van der Waals surface area contributed by atoms with Crippen LogP contribution in [0.4, 0.5) is 0 Å². The van der Waals surface area contributed by atoms with Crippen LogP contribution in [0, 0.1) is 0 Å². The largest absolute Gasteiger partial charge is 0.381 e. The predicted molar refractivity (Wildman–Crippen MR) is 58.8 cm³/mol. The molecule has 0 aliphatic carbocycles. The Morgan fingerprint density at radius 1 is 1.53 bits per heavy atom. The van der Waals surface area contributed by atoms with E-state index in [4.69, 9.17) is 4.74 Å². The molecule has 1 N–H and O–H groups in total. The molecule has 0 spiro atoms. The van der Waals surface area contributed by atoms with Crippen LogP contribution < -0.4 is 5.32 Å². The van der Waals surface area contributed by atoms with Crippen molar-refractivity contribution in [3.8, 4) is 0 Å². The van der Waals surface area contributed by atoms with Crippen LogP contribution in [-0.2, 0) is 18.3 Å². The van der Waals surface area contributed by atoms with E-state index in [2.05, 4.69) is 21.9 Å². The lowest BCUT2D eigenvalue weighted by Gasteiger charge is -2.23. The molecule has 1 aliphatic heterocycles. The van der Waals surface area contributed by atoms with Gasteiger partial charge in [-0.05, 0) is 19.9 Å². The van der Waals surface area contributed by atoms with Gasteiger partial charge in [-0.25, -0.2) is 4.98 Å². The van der Waals surface area contributed by atoms with Crippen molar-refractivity contribution in [2.45, 2.75) is 25.3 Å². The van der Waals surface area contributed by atoms with Gasteiger partial charge in [-0.2, -0.15) is 0 Å². The summed E-state index contributed by atoms with van der Waals surface area (Å²) in [4.78, 5) is 4.44. The maximum Gasteiger partial charge on any atom is 0.0949 e. The van der Waals surface area contributed by atoms with Gasteiger partial charge in [0, 0.05) is 38.4 Å². The number of ether oxygens (including phenoxy) is 1. The van der Waals surface area contributed by atoms with Crippen molar-refractivity contribution in [1.82, 2.24) is 14.9 Å². The fourth-order valence-corrected chi connectivity index (χ4v) is 2.29. The Kier molecular flexibility index (Phi) is 3.38. The third-order valence-corrected chi connectivity index (χ3v) is 3.01. The molecule has 1 fully saturated rings. The summed E-state index contributed by atoms with van der Waals surface area (Å²) in [6, 6.07) is 0. The van der Waals surface area contributed by atoms with Crippen molar-refractivity contribution in [2.24, 2.45) is 7.05 Å². The second kappa shape index (κ2) is 4.77. The van der Waals surface area contributed by atoms with Crippen LogP contribution in [0.15, 0.2) is 6.33 Å². The molecule has 0 radical (unpaired) electrons. The zero-order chi connectivity index (χ0) is 10.7. The van der Waals surface area contributed by atoms with E-state index in [0.717, 1.165) is 32.6 Å². The molecular weight excluding hydrogens is 190 g/mol. The van der Waals surface area contributed by atoms with Crippen molar-refractivity contribution in [3.05, 3.63) is 17.7 Å². The van der Waals surface area contributed by atoms with E-state index in [1.807, 2.05) is 13.4 Å². The van der Waals surface area contributed by atoms with E-state index in [0.29, 0.717) is 5.92 Å². The average molecular weight is 209 g/mol. The summed E-state index contributed by atoms with van der Waals surface area (Å²) in [6.07, 6.45) is 4.16. The Labute approximate surface area is 90.6 Å². The molecule has 0 atom stereocenters. The summed E-state index contributed by atoms with van der Waals surface area (Å²) in [5.74, 6) is 0.620. The number of aryl methyl sites for hydroxylation is 1. The number of hydrogen-bond acceptors (Lipinski definition) is 3. The first-order valence-corrected chi connectivity index (χ1v) is 5.55. The molecule has 84 valence electrons. The van der Waals surface area contributed by atoms with Gasteiger partial charge in [-0.3, -0.25) is 0 Å². The molecule has 15 heavy (non-hydrogen) atoms. The molecule has 1 aromatic rings. The zero-order valence-electron chi connectivity index (χ0n) is 9.49. The van der Waals surface area contributed by atoms with Crippen molar-refractivity contribution in [2.75, 3.05) is 20.3 Å². The summed E-state index contributed by atoms with van der Waals surface area (Å²) >= 11 is 0. The number of imidazole rings is 1. The minimum atomic E-state index is 0.620. The van der Waals surface area contributed by atoms with Crippen LogP contribution >= 0.6 is 0 Å². The quantitative estimate of drug-likeness (QED) is 0.808. The number of nitrogens with zero attached hydrogens (tertiary/aromatic N) is 2. The van der Waals surface area contributed by atoms with Crippen LogP contribution in [0.3, 0.4) is 0 Å². The third kappa shape index (κ3) is 2.21. The molecule has 4 heteroatoms. The van der Waals surface area contributed by atoms with Gasteiger partial charge in [0.15, 0.2) is 0 Å². The van der Waals surface area contributed by atoms with Crippen LogP contribution in [-0.4, -0.2) is 29.8 Å². The predicted octanol–water partition coefficient (Wildman–Crippen LogP) is 1.03. The van der Waals surface area contributed by atoms with Crippen LogP contribution in [0.5, 0.6) is 0 Å². The maximum absolute atomic E-state index is 5.39. The summed E-state index contributed by atoms with van der Waals surface area (Å²) < 4.78 is 7.55. The number of nitrogens with one attached hydrogen (secondary N) is 1. The first-order chi connectivity index (χ1) is 7.33. The molecule has 1 aliphatic rings. The second-order valence-corrected chi connectivity index (χ2v) is 4.10. The third-order valence-electron chi connectivity index (χ3n) is 3.01. The molecule has 1 aromatic heterocycles. The zero-order valence-corrected chi connectivity index (χ0v) is 9.49. The van der Waals surface area contributed by atoms with Gasteiger partial charge < -0.3 is 14.6 Å². The first kappa shape index (κ1) is 10.6. The van der Waals surface area contributed by atoms with Crippen molar-refractivity contribution in [3.63, 3.8) is 0 Å². The molecule has 0 aromatic carbocycles. The lowest BCUT2D eigenvalue weighted by atomic mass is 9.95. The maximum atomic E-state index is 5.39. The smallest absolute Gasteiger partial charge is 0.0949 e. The van der Waals surface area contributed by atoms with Gasteiger partial charge in [-0.1, -0.05) is 0 Å². The van der Waals surface area contributed by atoms with Crippen LogP contribution in [0.1, 0.15) is 30.1 Å². The highest BCUT2D eigenvalue weighted by Gasteiger charge is 2.21. The average Bonchev–Trinajstić information content (AvgIpc) is 2.62. The molecular formula is C11H19N3O. The summed E-state index contributed by atoms with van der Waals surface area (Å²) in [7, 11) is 4.04. The number of rotatable bonds is 3. The SMILES string of the molecule is CNCc1ncn(C)c1C1CCOCC1. The Hall–Kier alpha value is -0.870. The molecule has 0 bridgehead atoms. The van der Waals surface area contributed by atoms with E-state index in [1.165, 1.54) is 11.4 Å². The fraction of sp³-hybridized carbons (Fsp3) is 0.727. The highest BCUT2D eigenvalue weighted by molar-refractivity contribution is 5.18. The molecule has 0 amide bonds. The van der Waals surface area contributed by atoms with Crippen molar-refractivity contribution in [1.29, 1.82) is 0 Å². The fourth-order valence-electron chi connectivity index (χ4n) is 2.29. The molecule has 0 saturated carbocycles. The monoisotopic (exact) mass is 209 g/mol.